The van der Waals surface area contributed by atoms with E-state index >= 15 is 0 Å². The van der Waals surface area contributed by atoms with Gasteiger partial charge in [0.25, 0.3) is 0 Å². The van der Waals surface area contributed by atoms with Crippen LogP contribution in [0, 0.1) is 5.92 Å². The molecule has 2 unspecified atom stereocenters. The average molecular weight is 199 g/mol. The topological polar surface area (TPSA) is 49.3 Å². The van der Waals surface area contributed by atoms with Gasteiger partial charge in [-0.05, 0) is 32.1 Å². The first-order valence-corrected chi connectivity index (χ1v) is 5.64. The van der Waals surface area contributed by atoms with E-state index in [1.807, 2.05) is 6.92 Å². The van der Waals surface area contributed by atoms with Crippen molar-refractivity contribution < 1.29 is 9.90 Å². The fourth-order valence-electron chi connectivity index (χ4n) is 2.27. The molecule has 14 heavy (non-hydrogen) atoms. The van der Waals surface area contributed by atoms with Gasteiger partial charge in [-0.1, -0.05) is 19.8 Å². The molecule has 0 radical (unpaired) electrons. The Kier molecular flexibility index (Phi) is 4.39. The van der Waals surface area contributed by atoms with E-state index in [1.165, 1.54) is 25.7 Å². The molecule has 82 valence electrons. The first kappa shape index (κ1) is 11.5. The molecule has 1 rings (SSSR count). The summed E-state index contributed by atoms with van der Waals surface area (Å²) < 4.78 is 0. The van der Waals surface area contributed by atoms with Gasteiger partial charge >= 0.3 is 5.97 Å². The summed E-state index contributed by atoms with van der Waals surface area (Å²) in [4.78, 5) is 10.8. The predicted octanol–water partition coefficient (Wildman–Crippen LogP) is 2.02. The zero-order valence-corrected chi connectivity index (χ0v) is 9.12. The van der Waals surface area contributed by atoms with Gasteiger partial charge in [-0.15, -0.1) is 0 Å². The van der Waals surface area contributed by atoms with Crippen molar-refractivity contribution in [3.8, 4) is 0 Å². The maximum absolute atomic E-state index is 10.8. The first-order valence-electron chi connectivity index (χ1n) is 5.64. The second kappa shape index (κ2) is 5.35. The number of carboxylic acids is 1. The van der Waals surface area contributed by atoms with E-state index in [1.54, 1.807) is 0 Å². The molecule has 3 nitrogen and oxygen atoms in total. The third kappa shape index (κ3) is 2.98. The molecule has 2 atom stereocenters. The Balaban J connectivity index is 2.37. The average Bonchev–Trinajstić information content (AvgIpc) is 2.65. The van der Waals surface area contributed by atoms with E-state index in [9.17, 15) is 4.79 Å². The van der Waals surface area contributed by atoms with E-state index in [0.717, 1.165) is 0 Å². The predicted molar refractivity (Wildman–Crippen MR) is 56.3 cm³/mol. The highest BCUT2D eigenvalue weighted by molar-refractivity contribution is 5.73. The summed E-state index contributed by atoms with van der Waals surface area (Å²) >= 11 is 0. The second-order valence-corrected chi connectivity index (χ2v) is 4.30. The van der Waals surface area contributed by atoms with Gasteiger partial charge < -0.3 is 10.4 Å². The number of nitrogens with one attached hydrogen (secondary N) is 1. The molecular weight excluding hydrogens is 178 g/mol. The van der Waals surface area contributed by atoms with Gasteiger partial charge in [0.2, 0.25) is 0 Å². The van der Waals surface area contributed by atoms with E-state index in [-0.39, 0.29) is 6.04 Å². The molecule has 0 amide bonds. The third-order valence-electron chi connectivity index (χ3n) is 3.28. The highest BCUT2D eigenvalue weighted by Crippen LogP contribution is 2.27. The zero-order valence-electron chi connectivity index (χ0n) is 9.12. The number of aliphatic carboxylic acids is 1. The minimum Gasteiger partial charge on any atom is -0.480 e. The van der Waals surface area contributed by atoms with Crippen LogP contribution in [0.5, 0.6) is 0 Å². The van der Waals surface area contributed by atoms with Gasteiger partial charge in [-0.2, -0.15) is 0 Å². The highest BCUT2D eigenvalue weighted by Gasteiger charge is 2.25. The summed E-state index contributed by atoms with van der Waals surface area (Å²) in [6.07, 6.45) is 5.78. The van der Waals surface area contributed by atoms with Crippen molar-refractivity contribution in [3.63, 3.8) is 0 Å². The van der Waals surface area contributed by atoms with Gasteiger partial charge in [-0.3, -0.25) is 4.79 Å². The molecule has 0 aliphatic heterocycles. The van der Waals surface area contributed by atoms with E-state index in [4.69, 9.17) is 5.11 Å². The van der Waals surface area contributed by atoms with Crippen molar-refractivity contribution in [1.82, 2.24) is 5.32 Å². The van der Waals surface area contributed by atoms with Gasteiger partial charge in [0, 0.05) is 6.04 Å². The van der Waals surface area contributed by atoms with Crippen LogP contribution in [0.3, 0.4) is 0 Å². The lowest BCUT2D eigenvalue weighted by Crippen LogP contribution is -2.44. The molecule has 0 bridgehead atoms. The summed E-state index contributed by atoms with van der Waals surface area (Å²) in [5, 5.41) is 12.1. The van der Waals surface area contributed by atoms with E-state index in [2.05, 4.69) is 12.2 Å². The molecule has 0 spiro atoms. The van der Waals surface area contributed by atoms with Crippen LogP contribution in [0.1, 0.15) is 46.0 Å². The molecule has 0 aromatic carbocycles. The van der Waals surface area contributed by atoms with Crippen LogP contribution < -0.4 is 5.32 Å². The van der Waals surface area contributed by atoms with Gasteiger partial charge in [-0.25, -0.2) is 0 Å². The van der Waals surface area contributed by atoms with Gasteiger partial charge in [0.1, 0.15) is 6.04 Å². The summed E-state index contributed by atoms with van der Waals surface area (Å²) in [5.74, 6) is -0.0410. The van der Waals surface area contributed by atoms with Crippen LogP contribution in [0.4, 0.5) is 0 Å². The minimum atomic E-state index is -0.725. The smallest absolute Gasteiger partial charge is 0.320 e. The molecule has 1 fully saturated rings. The Bertz CT molecular complexity index is 188. The number of hydrogen-bond donors (Lipinski definition) is 2. The Hall–Kier alpha value is -0.570. The van der Waals surface area contributed by atoms with Crippen LogP contribution in [0.15, 0.2) is 0 Å². The lowest BCUT2D eigenvalue weighted by Gasteiger charge is -2.24. The molecule has 1 aliphatic rings. The van der Waals surface area contributed by atoms with E-state index in [0.29, 0.717) is 18.4 Å². The van der Waals surface area contributed by atoms with Crippen molar-refractivity contribution in [2.75, 3.05) is 0 Å². The fraction of sp³-hybridized carbons (Fsp3) is 0.909. The monoisotopic (exact) mass is 199 g/mol. The van der Waals surface area contributed by atoms with Crippen molar-refractivity contribution in [2.45, 2.75) is 58.0 Å². The minimum absolute atomic E-state index is 0.346. The van der Waals surface area contributed by atoms with Crippen LogP contribution in [-0.4, -0.2) is 23.2 Å². The molecule has 0 aromatic rings. The molecule has 2 N–H and O–H groups in total. The molecule has 3 heteroatoms. The first-order chi connectivity index (χ1) is 6.65. The van der Waals surface area contributed by atoms with Crippen molar-refractivity contribution >= 4 is 5.97 Å². The summed E-state index contributed by atoms with van der Waals surface area (Å²) in [6.45, 7) is 4.02. The van der Waals surface area contributed by atoms with Gasteiger partial charge in [0.15, 0.2) is 0 Å². The SMILES string of the molecule is CCC(NC(C)C1CCCC1)C(=O)O. The summed E-state index contributed by atoms with van der Waals surface area (Å²) in [6, 6.07) is -0.0239. The standard InChI is InChI=1S/C11H21NO2/c1-3-10(11(13)14)12-8(2)9-6-4-5-7-9/h8-10,12H,3-7H2,1-2H3,(H,13,14). The van der Waals surface area contributed by atoms with Crippen LogP contribution >= 0.6 is 0 Å². The number of hydrogen-bond acceptors (Lipinski definition) is 2. The van der Waals surface area contributed by atoms with Crippen molar-refractivity contribution in [1.29, 1.82) is 0 Å². The quantitative estimate of drug-likeness (QED) is 0.712. The zero-order chi connectivity index (χ0) is 10.6. The lowest BCUT2D eigenvalue weighted by atomic mass is 9.98. The second-order valence-electron chi connectivity index (χ2n) is 4.30. The van der Waals surface area contributed by atoms with Crippen molar-refractivity contribution in [3.05, 3.63) is 0 Å². The molecule has 1 aliphatic carbocycles. The Morgan fingerprint density at radius 2 is 2.07 bits per heavy atom. The molecule has 1 saturated carbocycles. The maximum atomic E-state index is 10.8. The van der Waals surface area contributed by atoms with Crippen molar-refractivity contribution in [2.24, 2.45) is 5.92 Å². The number of carboxylic acid groups (broad SMARTS) is 1. The third-order valence-corrected chi connectivity index (χ3v) is 3.28. The molecule has 0 saturated heterocycles. The molecule has 0 heterocycles. The normalized spacial score (nSPS) is 22.1. The molecule has 0 aromatic heterocycles. The largest absolute Gasteiger partial charge is 0.480 e. The Morgan fingerprint density at radius 1 is 1.50 bits per heavy atom. The van der Waals surface area contributed by atoms with Crippen LogP contribution in [-0.2, 0) is 4.79 Å². The highest BCUT2D eigenvalue weighted by atomic mass is 16.4. The van der Waals surface area contributed by atoms with Gasteiger partial charge in [0.05, 0.1) is 0 Å². The number of rotatable bonds is 5. The number of carbonyl (C=O) groups is 1. The fourth-order valence-corrected chi connectivity index (χ4v) is 2.27. The molecular formula is C11H21NO2. The van der Waals surface area contributed by atoms with E-state index < -0.39 is 5.97 Å². The Morgan fingerprint density at radius 3 is 2.50 bits per heavy atom. The summed E-state index contributed by atoms with van der Waals surface area (Å²) in [7, 11) is 0. The van der Waals surface area contributed by atoms with Crippen LogP contribution in [0.25, 0.3) is 0 Å². The lowest BCUT2D eigenvalue weighted by molar-refractivity contribution is -0.139. The Labute approximate surface area is 85.9 Å². The maximum Gasteiger partial charge on any atom is 0.320 e. The van der Waals surface area contributed by atoms with Crippen LogP contribution in [0.2, 0.25) is 0 Å². The summed E-state index contributed by atoms with van der Waals surface area (Å²) in [5.41, 5.74) is 0.